The molecular formula is C24H24N4O3S. The molecular weight excluding hydrogens is 424 g/mol. The maximum atomic E-state index is 12.7. The number of nitrogens with zero attached hydrogens (tertiary/aromatic N) is 2. The van der Waals surface area contributed by atoms with Gasteiger partial charge >= 0.3 is 0 Å². The van der Waals surface area contributed by atoms with Crippen LogP contribution in [-0.4, -0.2) is 23.9 Å². The summed E-state index contributed by atoms with van der Waals surface area (Å²) in [6.07, 6.45) is 0.608. The summed E-state index contributed by atoms with van der Waals surface area (Å²) >= 11 is 0. The summed E-state index contributed by atoms with van der Waals surface area (Å²) < 4.78 is 25.6. The third-order valence-corrected chi connectivity index (χ3v) is 6.36. The fourth-order valence-corrected chi connectivity index (χ4v) is 4.29. The number of nitrogens with one attached hydrogen (secondary N) is 1. The number of imidazole rings is 1. The van der Waals surface area contributed by atoms with E-state index in [1.54, 1.807) is 6.92 Å². The molecule has 0 saturated carbocycles. The van der Waals surface area contributed by atoms with Crippen molar-refractivity contribution in [1.82, 2.24) is 9.55 Å². The van der Waals surface area contributed by atoms with Crippen molar-refractivity contribution in [3.05, 3.63) is 83.7 Å². The zero-order chi connectivity index (χ0) is 22.9. The lowest BCUT2D eigenvalue weighted by Gasteiger charge is -2.13. The molecule has 1 heterocycles. The first-order chi connectivity index (χ1) is 15.2. The van der Waals surface area contributed by atoms with Crippen LogP contribution in [0.25, 0.3) is 16.7 Å². The van der Waals surface area contributed by atoms with Crippen molar-refractivity contribution >= 4 is 32.7 Å². The van der Waals surface area contributed by atoms with E-state index in [9.17, 15) is 13.2 Å². The van der Waals surface area contributed by atoms with Crippen LogP contribution in [0.15, 0.2) is 71.6 Å². The van der Waals surface area contributed by atoms with E-state index in [1.807, 2.05) is 61.5 Å². The molecule has 3 N–H and O–H groups in total. The fraction of sp³-hybridized carbons (Fsp3) is 0.167. The van der Waals surface area contributed by atoms with Gasteiger partial charge in [0.15, 0.2) is 0 Å². The highest BCUT2D eigenvalue weighted by Crippen LogP contribution is 2.25. The van der Waals surface area contributed by atoms with E-state index in [-0.39, 0.29) is 17.2 Å². The topological polar surface area (TPSA) is 107 Å². The number of aromatic nitrogens is 2. The van der Waals surface area contributed by atoms with Crippen molar-refractivity contribution in [1.29, 1.82) is 0 Å². The Morgan fingerprint density at radius 2 is 1.72 bits per heavy atom. The predicted molar refractivity (Wildman–Crippen MR) is 125 cm³/mol. The van der Waals surface area contributed by atoms with Gasteiger partial charge in [-0.05, 0) is 61.4 Å². The van der Waals surface area contributed by atoms with Gasteiger partial charge in [-0.1, -0.05) is 30.3 Å². The molecule has 3 aromatic carbocycles. The number of aryl methyl sites for hydroxylation is 2. The summed E-state index contributed by atoms with van der Waals surface area (Å²) in [5.74, 6) is 0.546. The number of sulfonamides is 1. The van der Waals surface area contributed by atoms with Gasteiger partial charge in [-0.25, -0.2) is 18.5 Å². The first kappa shape index (κ1) is 21.7. The highest BCUT2D eigenvalue weighted by Gasteiger charge is 2.16. The lowest BCUT2D eigenvalue weighted by Crippen LogP contribution is -2.17. The summed E-state index contributed by atoms with van der Waals surface area (Å²) in [6, 6.07) is 20.6. The van der Waals surface area contributed by atoms with E-state index < -0.39 is 10.0 Å². The molecule has 0 atom stereocenters. The molecule has 0 aliphatic rings. The number of benzene rings is 3. The average molecular weight is 449 g/mol. The Morgan fingerprint density at radius 1 is 1.03 bits per heavy atom. The fourth-order valence-electron chi connectivity index (χ4n) is 3.67. The minimum Gasteiger partial charge on any atom is -0.326 e. The second kappa shape index (κ2) is 8.57. The Morgan fingerprint density at radius 3 is 2.44 bits per heavy atom. The average Bonchev–Trinajstić information content (AvgIpc) is 3.13. The van der Waals surface area contributed by atoms with Crippen LogP contribution in [0.1, 0.15) is 23.4 Å². The normalized spacial score (nSPS) is 11.6. The number of hydrogen-bond acceptors (Lipinski definition) is 4. The molecule has 1 amide bonds. The SMILES string of the molecule is Cc1cc(S(N)(=O)=O)cc(NC(=O)CCc2nc3ccccc3n2-c2ccccc2)c1C. The number of fused-ring (bicyclic) bond motifs is 1. The summed E-state index contributed by atoms with van der Waals surface area (Å²) in [4.78, 5) is 17.5. The van der Waals surface area contributed by atoms with Crippen LogP contribution >= 0.6 is 0 Å². The van der Waals surface area contributed by atoms with Gasteiger partial charge in [-0.15, -0.1) is 0 Å². The van der Waals surface area contributed by atoms with Gasteiger partial charge in [0.2, 0.25) is 15.9 Å². The molecule has 32 heavy (non-hydrogen) atoms. The van der Waals surface area contributed by atoms with E-state index in [1.165, 1.54) is 12.1 Å². The Bertz CT molecular complexity index is 1410. The van der Waals surface area contributed by atoms with Gasteiger partial charge in [0, 0.05) is 24.2 Å². The van der Waals surface area contributed by atoms with Gasteiger partial charge in [0.05, 0.1) is 15.9 Å². The molecule has 0 aliphatic heterocycles. The molecule has 0 radical (unpaired) electrons. The second-order valence-corrected chi connectivity index (χ2v) is 9.26. The summed E-state index contributed by atoms with van der Waals surface area (Å²) in [6.45, 7) is 3.61. The van der Waals surface area contributed by atoms with Gasteiger partial charge in [0.1, 0.15) is 5.82 Å². The molecule has 0 saturated heterocycles. The number of amides is 1. The van der Waals surface area contributed by atoms with Gasteiger partial charge in [0.25, 0.3) is 0 Å². The Balaban J connectivity index is 1.59. The molecule has 4 rings (SSSR count). The third kappa shape index (κ3) is 4.42. The highest BCUT2D eigenvalue weighted by molar-refractivity contribution is 7.89. The molecule has 0 bridgehead atoms. The minimum absolute atomic E-state index is 0.0261. The van der Waals surface area contributed by atoms with Gasteiger partial charge in [-0.2, -0.15) is 0 Å². The lowest BCUT2D eigenvalue weighted by molar-refractivity contribution is -0.116. The van der Waals surface area contributed by atoms with E-state index in [0.717, 1.165) is 33.7 Å². The molecule has 0 unspecified atom stereocenters. The van der Waals surface area contributed by atoms with Crippen LogP contribution in [0.4, 0.5) is 5.69 Å². The highest BCUT2D eigenvalue weighted by atomic mass is 32.2. The quantitative estimate of drug-likeness (QED) is 0.467. The molecule has 1 aromatic heterocycles. The third-order valence-electron chi connectivity index (χ3n) is 5.46. The van der Waals surface area contributed by atoms with E-state index in [0.29, 0.717) is 12.1 Å². The van der Waals surface area contributed by atoms with Crippen molar-refractivity contribution in [2.45, 2.75) is 31.6 Å². The van der Waals surface area contributed by atoms with Gasteiger partial charge < -0.3 is 5.32 Å². The number of carbonyl (C=O) groups excluding carboxylic acids is 1. The van der Waals surface area contributed by atoms with Crippen molar-refractivity contribution < 1.29 is 13.2 Å². The number of nitrogens with two attached hydrogens (primary N) is 1. The first-order valence-corrected chi connectivity index (χ1v) is 11.7. The smallest absolute Gasteiger partial charge is 0.238 e. The molecule has 0 spiro atoms. The number of carbonyl (C=O) groups is 1. The van der Waals surface area contributed by atoms with Crippen LogP contribution in [0.5, 0.6) is 0 Å². The van der Waals surface area contributed by atoms with Crippen LogP contribution in [0.3, 0.4) is 0 Å². The van der Waals surface area contributed by atoms with Crippen molar-refractivity contribution in [3.8, 4) is 5.69 Å². The Labute approximate surface area is 187 Å². The standard InChI is InChI=1S/C24H24N4O3S/c1-16-14-19(32(25,30)31)15-21(17(16)2)27-24(29)13-12-23-26-20-10-6-7-11-22(20)28(23)18-8-4-3-5-9-18/h3-11,14-15H,12-13H2,1-2H3,(H,27,29)(H2,25,30,31). The van der Waals surface area contributed by atoms with Crippen LogP contribution < -0.4 is 10.5 Å². The van der Waals surface area contributed by atoms with Crippen LogP contribution in [0, 0.1) is 13.8 Å². The maximum absolute atomic E-state index is 12.7. The first-order valence-electron chi connectivity index (χ1n) is 10.2. The van der Waals surface area contributed by atoms with Crippen LogP contribution in [-0.2, 0) is 21.2 Å². The molecule has 0 fully saturated rings. The number of hydrogen-bond donors (Lipinski definition) is 2. The second-order valence-electron chi connectivity index (χ2n) is 7.69. The van der Waals surface area contributed by atoms with Crippen molar-refractivity contribution in [2.75, 3.05) is 5.32 Å². The Hall–Kier alpha value is -3.49. The van der Waals surface area contributed by atoms with E-state index >= 15 is 0 Å². The largest absolute Gasteiger partial charge is 0.326 e. The molecule has 4 aromatic rings. The summed E-state index contributed by atoms with van der Waals surface area (Å²) in [7, 11) is -3.87. The molecule has 8 heteroatoms. The zero-order valence-electron chi connectivity index (χ0n) is 17.9. The summed E-state index contributed by atoms with van der Waals surface area (Å²) in [5.41, 5.74) is 4.78. The number of para-hydroxylation sites is 3. The van der Waals surface area contributed by atoms with E-state index in [4.69, 9.17) is 10.1 Å². The summed E-state index contributed by atoms with van der Waals surface area (Å²) in [5, 5.41) is 8.10. The predicted octanol–water partition coefficient (Wildman–Crippen LogP) is 3.86. The van der Waals surface area contributed by atoms with E-state index in [2.05, 4.69) is 9.88 Å². The number of rotatable bonds is 6. The number of primary sulfonamides is 1. The maximum Gasteiger partial charge on any atom is 0.238 e. The minimum atomic E-state index is -3.87. The molecule has 164 valence electrons. The van der Waals surface area contributed by atoms with Gasteiger partial charge in [-0.3, -0.25) is 9.36 Å². The molecule has 0 aliphatic carbocycles. The number of anilines is 1. The Kier molecular flexibility index (Phi) is 5.82. The van der Waals surface area contributed by atoms with Crippen molar-refractivity contribution in [2.24, 2.45) is 5.14 Å². The van der Waals surface area contributed by atoms with Crippen molar-refractivity contribution in [3.63, 3.8) is 0 Å². The van der Waals surface area contributed by atoms with Crippen LogP contribution in [0.2, 0.25) is 0 Å². The molecule has 7 nitrogen and oxygen atoms in total. The monoisotopic (exact) mass is 448 g/mol. The lowest BCUT2D eigenvalue weighted by atomic mass is 10.1. The zero-order valence-corrected chi connectivity index (χ0v) is 18.7.